The van der Waals surface area contributed by atoms with Crippen LogP contribution >= 0.6 is 0 Å². The number of likely N-dealkylation sites (N-methyl/N-ethyl adjacent to an activating group) is 1. The number of para-hydroxylation sites is 1. The van der Waals surface area contributed by atoms with Crippen LogP contribution in [0.1, 0.15) is 24.2 Å². The van der Waals surface area contributed by atoms with Crippen LogP contribution in [0.15, 0.2) is 18.2 Å². The maximum absolute atomic E-state index is 12.8. The molecule has 5 heteroatoms. The summed E-state index contributed by atoms with van der Waals surface area (Å²) in [6, 6.07) is 5.31. The molecule has 0 fully saturated rings. The second-order valence-electron chi connectivity index (χ2n) is 5.87. The van der Waals surface area contributed by atoms with Gasteiger partial charge in [-0.15, -0.1) is 0 Å². The van der Waals surface area contributed by atoms with Gasteiger partial charge in [-0.3, -0.25) is 4.79 Å². The number of anilines is 1. The van der Waals surface area contributed by atoms with E-state index in [4.69, 9.17) is 10.5 Å². The molecule has 0 aromatic heterocycles. The standard InChI is InChI=1S/C16H27N3O2/c1-12(2)11-19(10-9-18(3)4)16(20)13-7-6-8-14(21-5)15(13)17/h6-8,12H,9-11,17H2,1-5H3. The number of rotatable bonds is 7. The maximum Gasteiger partial charge on any atom is 0.256 e. The van der Waals surface area contributed by atoms with Gasteiger partial charge in [-0.25, -0.2) is 0 Å². The summed E-state index contributed by atoms with van der Waals surface area (Å²) in [5, 5.41) is 0. The smallest absolute Gasteiger partial charge is 0.256 e. The fraction of sp³-hybridized carbons (Fsp3) is 0.562. The lowest BCUT2D eigenvalue weighted by atomic mass is 10.1. The number of hydrogen-bond donors (Lipinski definition) is 1. The van der Waals surface area contributed by atoms with Crippen molar-refractivity contribution < 1.29 is 9.53 Å². The first-order valence-electron chi connectivity index (χ1n) is 7.23. The maximum atomic E-state index is 12.8. The number of methoxy groups -OCH3 is 1. The van der Waals surface area contributed by atoms with Crippen LogP contribution in [0.5, 0.6) is 5.75 Å². The molecule has 1 aromatic carbocycles. The molecule has 0 bridgehead atoms. The van der Waals surface area contributed by atoms with E-state index in [0.717, 1.165) is 6.54 Å². The highest BCUT2D eigenvalue weighted by Gasteiger charge is 2.20. The van der Waals surface area contributed by atoms with Crippen molar-refractivity contribution in [1.82, 2.24) is 9.80 Å². The van der Waals surface area contributed by atoms with E-state index in [0.29, 0.717) is 36.0 Å². The Balaban J connectivity index is 2.98. The van der Waals surface area contributed by atoms with Gasteiger partial charge in [-0.1, -0.05) is 19.9 Å². The van der Waals surface area contributed by atoms with Crippen molar-refractivity contribution in [3.8, 4) is 5.75 Å². The van der Waals surface area contributed by atoms with E-state index in [1.165, 1.54) is 0 Å². The molecule has 1 amide bonds. The summed E-state index contributed by atoms with van der Waals surface area (Å²) in [6.45, 7) is 6.42. The summed E-state index contributed by atoms with van der Waals surface area (Å²) in [4.78, 5) is 16.7. The van der Waals surface area contributed by atoms with Crippen LogP contribution in [0.3, 0.4) is 0 Å². The number of nitrogen functional groups attached to an aromatic ring is 1. The van der Waals surface area contributed by atoms with Crippen molar-refractivity contribution in [2.75, 3.05) is 46.6 Å². The van der Waals surface area contributed by atoms with Crippen LogP contribution in [0, 0.1) is 5.92 Å². The van der Waals surface area contributed by atoms with Crippen molar-refractivity contribution >= 4 is 11.6 Å². The molecule has 0 unspecified atom stereocenters. The molecule has 0 heterocycles. The Labute approximate surface area is 127 Å². The molecule has 1 aromatic rings. The number of nitrogens with zero attached hydrogens (tertiary/aromatic N) is 2. The first-order chi connectivity index (χ1) is 9.86. The lowest BCUT2D eigenvalue weighted by Gasteiger charge is -2.27. The normalized spacial score (nSPS) is 11.0. The largest absolute Gasteiger partial charge is 0.495 e. The summed E-state index contributed by atoms with van der Waals surface area (Å²) in [5.74, 6) is 0.905. The summed E-state index contributed by atoms with van der Waals surface area (Å²) in [6.07, 6.45) is 0. The lowest BCUT2D eigenvalue weighted by molar-refractivity contribution is 0.0725. The third-order valence-corrected chi connectivity index (χ3v) is 3.21. The molecule has 0 spiro atoms. The fourth-order valence-corrected chi connectivity index (χ4v) is 2.12. The third-order valence-electron chi connectivity index (χ3n) is 3.21. The lowest BCUT2D eigenvalue weighted by Crippen LogP contribution is -2.39. The first-order valence-corrected chi connectivity index (χ1v) is 7.23. The molecule has 5 nitrogen and oxygen atoms in total. The zero-order valence-electron chi connectivity index (χ0n) is 13.7. The van der Waals surface area contributed by atoms with Gasteiger partial charge in [-0.05, 0) is 32.1 Å². The minimum Gasteiger partial charge on any atom is -0.495 e. The highest BCUT2D eigenvalue weighted by atomic mass is 16.5. The van der Waals surface area contributed by atoms with E-state index < -0.39 is 0 Å². The quantitative estimate of drug-likeness (QED) is 0.781. The summed E-state index contributed by atoms with van der Waals surface area (Å²) < 4.78 is 5.19. The fourth-order valence-electron chi connectivity index (χ4n) is 2.12. The molecule has 0 aliphatic carbocycles. The zero-order chi connectivity index (χ0) is 16.0. The molecule has 1 rings (SSSR count). The Morgan fingerprint density at radius 1 is 1.29 bits per heavy atom. The summed E-state index contributed by atoms with van der Waals surface area (Å²) >= 11 is 0. The van der Waals surface area contributed by atoms with Crippen LogP contribution in [0.2, 0.25) is 0 Å². The zero-order valence-corrected chi connectivity index (χ0v) is 13.7. The number of benzene rings is 1. The third kappa shape index (κ3) is 4.93. The number of carbonyl (C=O) groups excluding carboxylic acids is 1. The number of carbonyl (C=O) groups is 1. The van der Waals surface area contributed by atoms with E-state index in [1.807, 2.05) is 19.0 Å². The van der Waals surface area contributed by atoms with Crippen LogP contribution < -0.4 is 10.5 Å². The van der Waals surface area contributed by atoms with Gasteiger partial charge in [0, 0.05) is 19.6 Å². The SMILES string of the molecule is COc1cccc(C(=O)N(CCN(C)C)CC(C)C)c1N. The van der Waals surface area contributed by atoms with Crippen LogP contribution in [0.25, 0.3) is 0 Å². The molecule has 0 radical (unpaired) electrons. The molecular formula is C16H27N3O2. The van der Waals surface area contributed by atoms with Gasteiger partial charge >= 0.3 is 0 Å². The van der Waals surface area contributed by atoms with E-state index >= 15 is 0 Å². The highest BCUT2D eigenvalue weighted by molar-refractivity contribution is 6.00. The second kappa shape index (κ2) is 7.88. The Morgan fingerprint density at radius 2 is 1.95 bits per heavy atom. The van der Waals surface area contributed by atoms with E-state index in [9.17, 15) is 4.79 Å². The first kappa shape index (κ1) is 17.3. The molecule has 0 saturated heterocycles. The molecule has 0 atom stereocenters. The molecular weight excluding hydrogens is 266 g/mol. The van der Waals surface area contributed by atoms with Gasteiger partial charge < -0.3 is 20.3 Å². The Bertz CT molecular complexity index is 473. The Morgan fingerprint density at radius 3 is 2.48 bits per heavy atom. The predicted molar refractivity (Wildman–Crippen MR) is 86.7 cm³/mol. The van der Waals surface area contributed by atoms with Crippen LogP contribution in [-0.2, 0) is 0 Å². The van der Waals surface area contributed by atoms with Gasteiger partial charge in [0.25, 0.3) is 5.91 Å². The van der Waals surface area contributed by atoms with Crippen LogP contribution in [0.4, 0.5) is 5.69 Å². The minimum absolute atomic E-state index is 0.0399. The number of ether oxygens (including phenoxy) is 1. The molecule has 0 saturated carbocycles. The van der Waals surface area contributed by atoms with E-state index in [2.05, 4.69) is 18.7 Å². The van der Waals surface area contributed by atoms with Crippen molar-refractivity contribution in [2.24, 2.45) is 5.92 Å². The number of hydrogen-bond acceptors (Lipinski definition) is 4. The average molecular weight is 293 g/mol. The van der Waals surface area contributed by atoms with Gasteiger partial charge in [0.1, 0.15) is 5.75 Å². The second-order valence-corrected chi connectivity index (χ2v) is 5.87. The van der Waals surface area contributed by atoms with Crippen molar-refractivity contribution in [1.29, 1.82) is 0 Å². The average Bonchev–Trinajstić information content (AvgIpc) is 2.42. The van der Waals surface area contributed by atoms with Crippen molar-refractivity contribution in [2.45, 2.75) is 13.8 Å². The molecule has 0 aliphatic rings. The van der Waals surface area contributed by atoms with Crippen LogP contribution in [-0.4, -0.2) is 56.5 Å². The minimum atomic E-state index is -0.0399. The number of nitrogens with two attached hydrogens (primary N) is 1. The van der Waals surface area contributed by atoms with E-state index in [-0.39, 0.29) is 5.91 Å². The summed E-state index contributed by atoms with van der Waals surface area (Å²) in [7, 11) is 5.55. The monoisotopic (exact) mass is 293 g/mol. The molecule has 21 heavy (non-hydrogen) atoms. The van der Waals surface area contributed by atoms with Crippen molar-refractivity contribution in [3.63, 3.8) is 0 Å². The molecule has 0 aliphatic heterocycles. The molecule has 118 valence electrons. The Kier molecular flexibility index (Phi) is 6.49. The van der Waals surface area contributed by atoms with Crippen molar-refractivity contribution in [3.05, 3.63) is 23.8 Å². The van der Waals surface area contributed by atoms with E-state index in [1.54, 1.807) is 25.3 Å². The van der Waals surface area contributed by atoms with Gasteiger partial charge in [0.15, 0.2) is 0 Å². The molecule has 2 N–H and O–H groups in total. The van der Waals surface area contributed by atoms with Gasteiger partial charge in [0.05, 0.1) is 18.4 Å². The summed E-state index contributed by atoms with van der Waals surface area (Å²) in [5.41, 5.74) is 6.95. The topological polar surface area (TPSA) is 58.8 Å². The highest BCUT2D eigenvalue weighted by Crippen LogP contribution is 2.26. The Hall–Kier alpha value is -1.75. The predicted octanol–water partition coefficient (Wildman–Crippen LogP) is 1.94. The van der Waals surface area contributed by atoms with Gasteiger partial charge in [0.2, 0.25) is 0 Å². The number of amides is 1. The van der Waals surface area contributed by atoms with Gasteiger partial charge in [-0.2, -0.15) is 0 Å².